The molecule has 1 heterocycles. The van der Waals surface area contributed by atoms with Crippen LogP contribution in [0.2, 0.25) is 0 Å². The molecule has 3 unspecified atom stereocenters. The van der Waals surface area contributed by atoms with Gasteiger partial charge in [-0.15, -0.1) is 0 Å². The molecule has 0 bridgehead atoms. The molecule has 0 spiro atoms. The number of anilines is 1. The predicted molar refractivity (Wildman–Crippen MR) is 201 cm³/mol. The third-order valence-electron chi connectivity index (χ3n) is 9.16. The van der Waals surface area contributed by atoms with Crippen LogP contribution in [0.5, 0.6) is 11.5 Å². The zero-order valence-corrected chi connectivity index (χ0v) is 31.1. The molecule has 1 aliphatic heterocycles. The first-order valence-electron chi connectivity index (χ1n) is 18.4. The Labute approximate surface area is 297 Å². The molecule has 0 fully saturated rings. The van der Waals surface area contributed by atoms with Gasteiger partial charge in [-0.05, 0) is 61.2 Å². The number of nitrogens with zero attached hydrogens (tertiary/aromatic N) is 2. The predicted octanol–water partition coefficient (Wildman–Crippen LogP) is 9.68. The molecule has 266 valence electrons. The third kappa shape index (κ3) is 11.2. The van der Waals surface area contributed by atoms with Gasteiger partial charge in [0.25, 0.3) is 0 Å². The fraction of sp³-hybridized carbons (Fsp3) is 0.575. The van der Waals surface area contributed by atoms with Gasteiger partial charge in [0.15, 0.2) is 23.0 Å². The summed E-state index contributed by atoms with van der Waals surface area (Å²) in [4.78, 5) is 21.7. The van der Waals surface area contributed by atoms with E-state index in [4.69, 9.17) is 20.5 Å². The van der Waals surface area contributed by atoms with Crippen LogP contribution in [0.25, 0.3) is 4.85 Å². The number of carbonyl (C=O) groups excluding carboxylic acids is 1. The van der Waals surface area contributed by atoms with Crippen molar-refractivity contribution < 1.29 is 17.9 Å². The average molecular weight is 689 g/mol. The van der Waals surface area contributed by atoms with Crippen molar-refractivity contribution in [3.05, 3.63) is 76.3 Å². The second kappa shape index (κ2) is 18.9. The molecule has 0 saturated heterocycles. The monoisotopic (exact) mass is 688 g/mol. The highest BCUT2D eigenvalue weighted by molar-refractivity contribution is 7.82. The maximum atomic E-state index is 13.2. The second-order valence-corrected chi connectivity index (χ2v) is 15.2. The van der Waals surface area contributed by atoms with Crippen molar-refractivity contribution in [2.45, 2.75) is 137 Å². The lowest BCUT2D eigenvalue weighted by atomic mass is 9.84. The first kappa shape index (κ1) is 38.2. The quantitative estimate of drug-likeness (QED) is 0.101. The Morgan fingerprint density at radius 2 is 1.59 bits per heavy atom. The lowest BCUT2D eigenvalue weighted by Crippen LogP contribution is -2.34. The van der Waals surface area contributed by atoms with Gasteiger partial charge in [0, 0.05) is 34.7 Å². The van der Waals surface area contributed by atoms with Crippen molar-refractivity contribution in [3.63, 3.8) is 0 Å². The number of ketones is 1. The van der Waals surface area contributed by atoms with Crippen molar-refractivity contribution in [1.29, 1.82) is 0 Å². The van der Waals surface area contributed by atoms with Gasteiger partial charge in [0.2, 0.25) is 0 Å². The number of amidine groups is 1. The van der Waals surface area contributed by atoms with Crippen LogP contribution in [0.4, 0.5) is 5.69 Å². The molecule has 2 aliphatic rings. The molecular formula is C40H56N4O4S. The first-order chi connectivity index (χ1) is 23.6. The molecule has 3 atom stereocenters. The van der Waals surface area contributed by atoms with Crippen molar-refractivity contribution >= 4 is 28.6 Å². The lowest BCUT2D eigenvalue weighted by Gasteiger charge is -2.20. The van der Waals surface area contributed by atoms with Gasteiger partial charge in [-0.3, -0.25) is 14.5 Å². The summed E-state index contributed by atoms with van der Waals surface area (Å²) in [7, 11) is 0. The summed E-state index contributed by atoms with van der Waals surface area (Å²) >= 11 is -1.85. The zero-order chi connectivity index (χ0) is 35.2. The number of hydrogen-bond acceptors (Lipinski definition) is 6. The summed E-state index contributed by atoms with van der Waals surface area (Å²) in [5.74, 6) is 1.76. The minimum Gasteiger partial charge on any atom is -0.490 e. The van der Waals surface area contributed by atoms with E-state index in [2.05, 4.69) is 28.7 Å². The maximum Gasteiger partial charge on any atom is 0.316 e. The standard InChI is InChI=1S/C40H56N4O4S/c1-7-9-11-13-15-17-19-29-20-25-34(35(27-29)47-26-18-16-14-12-10-8-2)48-49(46)44-31-23-21-30(22-24-31)39-42-33-28-32(41-6)36(37(33)43-39)38(45)40(3,4)5/h20-25,27,33,37,44H,7-19,26,28H2,1-5H3,(H,42,43). The number of hydrogen-bond donors (Lipinski definition) is 2. The third-order valence-corrected chi connectivity index (χ3v) is 9.89. The van der Waals surface area contributed by atoms with Gasteiger partial charge in [-0.1, -0.05) is 105 Å². The van der Waals surface area contributed by atoms with Crippen molar-refractivity contribution in [2.75, 3.05) is 11.3 Å². The number of unbranched alkanes of at least 4 members (excludes halogenated alkanes) is 10. The number of carbonyl (C=O) groups is 1. The number of ether oxygens (including phenoxy) is 1. The molecule has 0 amide bonds. The number of rotatable bonds is 21. The number of fused-ring (bicyclic) bond motifs is 1. The molecule has 1 aliphatic carbocycles. The zero-order valence-electron chi connectivity index (χ0n) is 30.2. The molecule has 0 saturated carbocycles. The smallest absolute Gasteiger partial charge is 0.316 e. The molecule has 49 heavy (non-hydrogen) atoms. The summed E-state index contributed by atoms with van der Waals surface area (Å²) in [5.41, 5.74) is 3.15. The fourth-order valence-electron chi connectivity index (χ4n) is 6.33. The Balaban J connectivity index is 1.36. The highest BCUT2D eigenvalue weighted by Crippen LogP contribution is 2.38. The van der Waals surface area contributed by atoms with E-state index in [-0.39, 0.29) is 17.9 Å². The average Bonchev–Trinajstić information content (AvgIpc) is 3.64. The summed E-state index contributed by atoms with van der Waals surface area (Å²) in [5, 5.41) is 3.42. The Kier molecular flexibility index (Phi) is 14.8. The van der Waals surface area contributed by atoms with E-state index in [1.54, 1.807) is 0 Å². The summed E-state index contributed by atoms with van der Waals surface area (Å²) in [6.45, 7) is 18.3. The molecule has 0 aromatic heterocycles. The van der Waals surface area contributed by atoms with Crippen LogP contribution in [0.15, 0.2) is 58.7 Å². The number of nitrogens with one attached hydrogen (secondary N) is 2. The molecule has 9 heteroatoms. The minimum atomic E-state index is -1.85. The first-order valence-corrected chi connectivity index (χ1v) is 19.4. The maximum absolute atomic E-state index is 13.2. The van der Waals surface area contributed by atoms with Crippen LogP contribution in [0.3, 0.4) is 0 Å². The van der Waals surface area contributed by atoms with Crippen molar-refractivity contribution in [3.8, 4) is 11.5 Å². The normalized spacial score (nSPS) is 17.6. The van der Waals surface area contributed by atoms with Gasteiger partial charge in [0.05, 0.1) is 19.2 Å². The van der Waals surface area contributed by atoms with Gasteiger partial charge in [0.1, 0.15) is 5.84 Å². The van der Waals surface area contributed by atoms with Crippen LogP contribution in [0.1, 0.15) is 129 Å². The number of aryl methyl sites for hydroxylation is 1. The fourth-order valence-corrected chi connectivity index (χ4v) is 7.00. The molecule has 0 radical (unpaired) electrons. The molecule has 4 rings (SSSR count). The number of Topliss-reactive ketones (excluding diaryl/α,β-unsaturated/α-hetero) is 1. The topological polar surface area (TPSA) is 93.4 Å². The van der Waals surface area contributed by atoms with E-state index in [0.717, 1.165) is 31.2 Å². The number of aliphatic imine (C=N–C) groups is 1. The van der Waals surface area contributed by atoms with Gasteiger partial charge < -0.3 is 14.2 Å². The Hall–Kier alpha value is -3.64. The van der Waals surface area contributed by atoms with E-state index in [1.807, 2.05) is 63.2 Å². The van der Waals surface area contributed by atoms with E-state index < -0.39 is 16.7 Å². The van der Waals surface area contributed by atoms with E-state index in [1.165, 1.54) is 63.4 Å². The molecule has 2 N–H and O–H groups in total. The highest BCUT2D eigenvalue weighted by atomic mass is 32.2. The minimum absolute atomic E-state index is 0.0248. The van der Waals surface area contributed by atoms with Crippen molar-refractivity contribution in [2.24, 2.45) is 10.4 Å². The van der Waals surface area contributed by atoms with Crippen LogP contribution < -0.4 is 19.0 Å². The van der Waals surface area contributed by atoms with Crippen LogP contribution in [-0.2, 0) is 22.5 Å². The summed E-state index contributed by atoms with van der Waals surface area (Å²) < 4.78 is 28.2. The molecule has 8 nitrogen and oxygen atoms in total. The Morgan fingerprint density at radius 3 is 2.24 bits per heavy atom. The van der Waals surface area contributed by atoms with Crippen LogP contribution in [0, 0.1) is 12.0 Å². The molecule has 2 aromatic rings. The molecular weight excluding hydrogens is 633 g/mol. The van der Waals surface area contributed by atoms with Gasteiger partial charge in [-0.25, -0.2) is 4.85 Å². The van der Waals surface area contributed by atoms with Crippen molar-refractivity contribution in [1.82, 2.24) is 5.32 Å². The largest absolute Gasteiger partial charge is 0.490 e. The summed E-state index contributed by atoms with van der Waals surface area (Å²) in [6.07, 6.45) is 16.1. The van der Waals surface area contributed by atoms with E-state index in [0.29, 0.717) is 47.3 Å². The van der Waals surface area contributed by atoms with Gasteiger partial charge >= 0.3 is 11.3 Å². The summed E-state index contributed by atoms with van der Waals surface area (Å²) in [6, 6.07) is 12.9. The second-order valence-electron chi connectivity index (χ2n) is 14.3. The SMILES string of the molecule is [C-]#[N+]C1=C(C(=O)C(C)(C)C)C2N=C(c3ccc(NS(=O)Oc4ccc(CCCCCCCC)cc4OCCCCCCCC)cc3)NC2C1. The van der Waals surface area contributed by atoms with E-state index in [9.17, 15) is 9.00 Å². The number of benzene rings is 2. The van der Waals surface area contributed by atoms with Crippen LogP contribution >= 0.6 is 0 Å². The van der Waals surface area contributed by atoms with E-state index >= 15 is 0 Å². The molecule has 2 aromatic carbocycles. The highest BCUT2D eigenvalue weighted by Gasteiger charge is 2.44. The Morgan fingerprint density at radius 1 is 0.939 bits per heavy atom. The van der Waals surface area contributed by atoms with Crippen LogP contribution in [-0.4, -0.2) is 34.5 Å². The Bertz CT molecular complexity index is 1520. The lowest BCUT2D eigenvalue weighted by molar-refractivity contribution is -0.122. The van der Waals surface area contributed by atoms with Gasteiger partial charge in [-0.2, -0.15) is 4.21 Å².